The highest BCUT2D eigenvalue weighted by Crippen LogP contribution is 2.26. The average Bonchev–Trinajstić information content (AvgIpc) is 2.23. The second-order valence-electron chi connectivity index (χ2n) is 3.86. The predicted octanol–water partition coefficient (Wildman–Crippen LogP) is 1.88. The fraction of sp³-hybridized carbons (Fsp3) is 0.636. The maximum Gasteiger partial charge on any atom is 0.244 e. The van der Waals surface area contributed by atoms with Crippen LogP contribution < -0.4 is 15.2 Å². The van der Waals surface area contributed by atoms with E-state index in [0.29, 0.717) is 36.6 Å². The molecule has 0 spiro atoms. The minimum Gasteiger partial charge on any atom is -0.476 e. The minimum absolute atomic E-state index is 0.369. The Hall–Kier alpha value is -1.52. The molecule has 0 aliphatic rings. The first-order valence-corrected chi connectivity index (χ1v) is 5.51. The lowest BCUT2D eigenvalue weighted by Gasteiger charge is -2.11. The Morgan fingerprint density at radius 3 is 2.44 bits per heavy atom. The van der Waals surface area contributed by atoms with E-state index in [4.69, 9.17) is 15.2 Å². The van der Waals surface area contributed by atoms with E-state index < -0.39 is 0 Å². The van der Waals surface area contributed by atoms with Gasteiger partial charge in [-0.3, -0.25) is 0 Å². The van der Waals surface area contributed by atoms with Gasteiger partial charge in [0.25, 0.3) is 0 Å². The molecule has 5 heteroatoms. The standard InChI is InChI=1S/C11H19N3O2/c1-4-15-10-9(12)11(14-7-13-10)16-6-5-8(2)3/h7-8H,4-6,12H2,1-3H3. The zero-order valence-electron chi connectivity index (χ0n) is 10.1. The molecule has 0 aliphatic heterocycles. The number of nitrogen functional groups attached to an aromatic ring is 1. The van der Waals surface area contributed by atoms with E-state index in [9.17, 15) is 0 Å². The van der Waals surface area contributed by atoms with E-state index >= 15 is 0 Å². The van der Waals surface area contributed by atoms with Gasteiger partial charge in [0.1, 0.15) is 6.33 Å². The molecule has 1 aromatic rings. The third-order valence-electron chi connectivity index (χ3n) is 2.03. The van der Waals surface area contributed by atoms with Gasteiger partial charge in [-0.05, 0) is 19.3 Å². The second-order valence-corrected chi connectivity index (χ2v) is 3.86. The predicted molar refractivity (Wildman–Crippen MR) is 62.6 cm³/mol. The van der Waals surface area contributed by atoms with Crippen molar-refractivity contribution < 1.29 is 9.47 Å². The summed E-state index contributed by atoms with van der Waals surface area (Å²) in [7, 11) is 0. The maximum absolute atomic E-state index is 5.81. The summed E-state index contributed by atoms with van der Waals surface area (Å²) in [5.74, 6) is 1.38. The first-order chi connectivity index (χ1) is 7.65. The fourth-order valence-electron chi connectivity index (χ4n) is 1.12. The third kappa shape index (κ3) is 3.56. The van der Waals surface area contributed by atoms with Gasteiger partial charge in [0.2, 0.25) is 11.8 Å². The van der Waals surface area contributed by atoms with Crippen LogP contribution in [-0.4, -0.2) is 23.2 Å². The molecule has 0 amide bonds. The molecule has 0 fully saturated rings. The summed E-state index contributed by atoms with van der Waals surface area (Å²) in [5, 5.41) is 0. The van der Waals surface area contributed by atoms with Gasteiger partial charge in [0, 0.05) is 0 Å². The van der Waals surface area contributed by atoms with Crippen LogP contribution in [0.4, 0.5) is 5.69 Å². The maximum atomic E-state index is 5.81. The number of anilines is 1. The highest BCUT2D eigenvalue weighted by atomic mass is 16.5. The van der Waals surface area contributed by atoms with Crippen LogP contribution in [0, 0.1) is 5.92 Å². The summed E-state index contributed by atoms with van der Waals surface area (Å²) in [5.41, 5.74) is 6.18. The monoisotopic (exact) mass is 225 g/mol. The Morgan fingerprint density at radius 2 is 1.88 bits per heavy atom. The van der Waals surface area contributed by atoms with Crippen molar-refractivity contribution in [2.45, 2.75) is 27.2 Å². The van der Waals surface area contributed by atoms with E-state index in [0.717, 1.165) is 6.42 Å². The summed E-state index contributed by atoms with van der Waals surface area (Å²) in [6.07, 6.45) is 2.36. The molecule has 0 bridgehead atoms. The summed E-state index contributed by atoms with van der Waals surface area (Å²) in [6.45, 7) is 7.27. The number of hydrogen-bond donors (Lipinski definition) is 1. The summed E-state index contributed by atoms with van der Waals surface area (Å²) in [4.78, 5) is 7.91. The van der Waals surface area contributed by atoms with Crippen molar-refractivity contribution in [3.05, 3.63) is 6.33 Å². The average molecular weight is 225 g/mol. The second kappa shape index (κ2) is 6.15. The van der Waals surface area contributed by atoms with Crippen molar-refractivity contribution in [3.8, 4) is 11.8 Å². The van der Waals surface area contributed by atoms with Gasteiger partial charge in [-0.25, -0.2) is 0 Å². The largest absolute Gasteiger partial charge is 0.476 e. The summed E-state index contributed by atoms with van der Waals surface area (Å²) >= 11 is 0. The Bertz CT molecular complexity index is 329. The van der Waals surface area contributed by atoms with Crippen LogP contribution in [0.3, 0.4) is 0 Å². The number of nitrogens with zero attached hydrogens (tertiary/aromatic N) is 2. The molecule has 2 N–H and O–H groups in total. The topological polar surface area (TPSA) is 70.3 Å². The first-order valence-electron chi connectivity index (χ1n) is 5.51. The molecule has 0 aromatic carbocycles. The van der Waals surface area contributed by atoms with Crippen LogP contribution >= 0.6 is 0 Å². The van der Waals surface area contributed by atoms with Gasteiger partial charge in [-0.2, -0.15) is 9.97 Å². The van der Waals surface area contributed by atoms with Crippen molar-refractivity contribution in [2.24, 2.45) is 5.92 Å². The van der Waals surface area contributed by atoms with Crippen LogP contribution in [0.25, 0.3) is 0 Å². The fourth-order valence-corrected chi connectivity index (χ4v) is 1.12. The molecule has 0 saturated heterocycles. The molecule has 0 unspecified atom stereocenters. The van der Waals surface area contributed by atoms with Crippen LogP contribution in [0.1, 0.15) is 27.2 Å². The van der Waals surface area contributed by atoms with Crippen LogP contribution in [-0.2, 0) is 0 Å². The highest BCUT2D eigenvalue weighted by Gasteiger charge is 2.09. The molecule has 0 saturated carbocycles. The van der Waals surface area contributed by atoms with E-state index in [1.165, 1.54) is 6.33 Å². The lowest BCUT2D eigenvalue weighted by Crippen LogP contribution is -2.07. The van der Waals surface area contributed by atoms with Crippen LogP contribution in [0.15, 0.2) is 6.33 Å². The molecule has 0 aliphatic carbocycles. The SMILES string of the molecule is CCOc1ncnc(OCCC(C)C)c1N. The zero-order chi connectivity index (χ0) is 12.0. The molecule has 0 atom stereocenters. The Morgan fingerprint density at radius 1 is 1.25 bits per heavy atom. The van der Waals surface area contributed by atoms with Gasteiger partial charge < -0.3 is 15.2 Å². The number of aromatic nitrogens is 2. The van der Waals surface area contributed by atoms with E-state index in [2.05, 4.69) is 23.8 Å². The first kappa shape index (κ1) is 12.5. The van der Waals surface area contributed by atoms with Crippen LogP contribution in [0.2, 0.25) is 0 Å². The Labute approximate surface area is 96.0 Å². The summed E-state index contributed by atoms with van der Waals surface area (Å²) in [6, 6.07) is 0. The van der Waals surface area contributed by atoms with Crippen molar-refractivity contribution >= 4 is 5.69 Å². The van der Waals surface area contributed by atoms with Crippen LogP contribution in [0.5, 0.6) is 11.8 Å². The summed E-state index contributed by atoms with van der Waals surface area (Å²) < 4.78 is 10.7. The molecule has 90 valence electrons. The lowest BCUT2D eigenvalue weighted by molar-refractivity contribution is 0.275. The lowest BCUT2D eigenvalue weighted by atomic mass is 10.1. The quantitative estimate of drug-likeness (QED) is 0.800. The number of rotatable bonds is 6. The van der Waals surface area contributed by atoms with Gasteiger partial charge in [-0.1, -0.05) is 13.8 Å². The van der Waals surface area contributed by atoms with E-state index in [1.54, 1.807) is 0 Å². The Balaban J connectivity index is 2.62. The number of nitrogens with two attached hydrogens (primary N) is 1. The molecule has 16 heavy (non-hydrogen) atoms. The van der Waals surface area contributed by atoms with E-state index in [1.807, 2.05) is 6.92 Å². The molecular weight excluding hydrogens is 206 g/mol. The molecule has 5 nitrogen and oxygen atoms in total. The van der Waals surface area contributed by atoms with Crippen molar-refractivity contribution in [1.29, 1.82) is 0 Å². The van der Waals surface area contributed by atoms with Gasteiger partial charge in [0.15, 0.2) is 5.69 Å². The molecule has 1 heterocycles. The van der Waals surface area contributed by atoms with Gasteiger partial charge in [-0.15, -0.1) is 0 Å². The number of ether oxygens (including phenoxy) is 2. The van der Waals surface area contributed by atoms with Crippen molar-refractivity contribution in [1.82, 2.24) is 9.97 Å². The smallest absolute Gasteiger partial charge is 0.244 e. The molecule has 1 aromatic heterocycles. The minimum atomic E-state index is 0.369. The van der Waals surface area contributed by atoms with Gasteiger partial charge >= 0.3 is 0 Å². The zero-order valence-corrected chi connectivity index (χ0v) is 10.1. The normalized spacial score (nSPS) is 10.5. The molecular formula is C11H19N3O2. The van der Waals surface area contributed by atoms with Gasteiger partial charge in [0.05, 0.1) is 13.2 Å². The third-order valence-corrected chi connectivity index (χ3v) is 2.03. The number of hydrogen-bond acceptors (Lipinski definition) is 5. The molecule has 1 rings (SSSR count). The Kier molecular flexibility index (Phi) is 4.82. The molecule has 0 radical (unpaired) electrons. The van der Waals surface area contributed by atoms with Crippen molar-refractivity contribution in [3.63, 3.8) is 0 Å². The van der Waals surface area contributed by atoms with Crippen molar-refractivity contribution in [2.75, 3.05) is 18.9 Å². The van der Waals surface area contributed by atoms with E-state index in [-0.39, 0.29) is 0 Å². The highest BCUT2D eigenvalue weighted by molar-refractivity contribution is 5.55.